The number of hydrogen-bond acceptors (Lipinski definition) is 2. The second kappa shape index (κ2) is 5.87. The van der Waals surface area contributed by atoms with Crippen LogP contribution in [0.2, 0.25) is 5.15 Å². The smallest absolute Gasteiger partial charge is 0.137 e. The summed E-state index contributed by atoms with van der Waals surface area (Å²) in [6.07, 6.45) is 7.47. The maximum absolute atomic E-state index is 12.0. The Morgan fingerprint density at radius 3 is 2.67 bits per heavy atom. The lowest BCUT2D eigenvalue weighted by Crippen LogP contribution is -2.06. The van der Waals surface area contributed by atoms with Crippen LogP contribution in [-0.2, 0) is 18.3 Å². The summed E-state index contributed by atoms with van der Waals surface area (Å²) < 4.78 is 1.64. The Morgan fingerprint density at radius 2 is 2.11 bits per heavy atom. The zero-order valence-corrected chi connectivity index (χ0v) is 12.0. The summed E-state index contributed by atoms with van der Waals surface area (Å²) in [6, 6.07) is 0. The van der Waals surface area contributed by atoms with Gasteiger partial charge < -0.3 is 0 Å². The molecule has 0 N–H and O–H groups in total. The number of hydrogen-bond donors (Lipinski definition) is 0. The zero-order chi connectivity index (χ0) is 13.1. The molecule has 0 aromatic carbocycles. The summed E-state index contributed by atoms with van der Waals surface area (Å²) in [4.78, 5) is 12.0. The molecule has 3 nitrogen and oxygen atoms in total. The van der Waals surface area contributed by atoms with Crippen molar-refractivity contribution in [1.82, 2.24) is 9.78 Å². The number of carbonyl (C=O) groups excluding carboxylic acids is 1. The quantitative estimate of drug-likeness (QED) is 0.820. The molecule has 0 bridgehead atoms. The molecule has 1 saturated carbocycles. The lowest BCUT2D eigenvalue weighted by molar-refractivity contribution is -0.118. The van der Waals surface area contributed by atoms with Crippen LogP contribution in [0.25, 0.3) is 0 Å². The second-order valence-corrected chi connectivity index (χ2v) is 5.74. The highest BCUT2D eigenvalue weighted by Gasteiger charge is 2.18. The van der Waals surface area contributed by atoms with E-state index in [0.29, 0.717) is 23.8 Å². The fourth-order valence-corrected chi connectivity index (χ4v) is 3.07. The molecular weight excluding hydrogens is 248 g/mol. The van der Waals surface area contributed by atoms with Gasteiger partial charge in [0.2, 0.25) is 0 Å². The number of ketones is 1. The lowest BCUT2D eigenvalue weighted by atomic mass is 9.98. The number of halogens is 1. The molecule has 1 fully saturated rings. The van der Waals surface area contributed by atoms with Crippen LogP contribution in [-0.4, -0.2) is 15.6 Å². The molecule has 4 heteroatoms. The zero-order valence-electron chi connectivity index (χ0n) is 11.2. The first kappa shape index (κ1) is 13.6. The van der Waals surface area contributed by atoms with E-state index in [4.69, 9.17) is 11.6 Å². The summed E-state index contributed by atoms with van der Waals surface area (Å²) in [5.74, 6) is 1.07. The van der Waals surface area contributed by atoms with Crippen LogP contribution in [0, 0.1) is 12.8 Å². The maximum atomic E-state index is 12.0. The normalized spacial score (nSPS) is 16.4. The average molecular weight is 269 g/mol. The molecule has 0 unspecified atom stereocenters. The Balaban J connectivity index is 1.86. The fourth-order valence-electron chi connectivity index (χ4n) is 2.82. The highest BCUT2D eigenvalue weighted by Crippen LogP contribution is 2.29. The minimum atomic E-state index is 0.292. The van der Waals surface area contributed by atoms with Crippen LogP contribution >= 0.6 is 11.6 Å². The van der Waals surface area contributed by atoms with E-state index in [1.54, 1.807) is 4.68 Å². The fraction of sp³-hybridized carbons (Fsp3) is 0.714. The van der Waals surface area contributed by atoms with Crippen molar-refractivity contribution in [2.45, 2.75) is 51.9 Å². The Kier molecular flexibility index (Phi) is 4.44. The Labute approximate surface area is 114 Å². The molecule has 1 aliphatic rings. The van der Waals surface area contributed by atoms with Gasteiger partial charge in [0, 0.05) is 25.5 Å². The standard InChI is InChI=1S/C14H21ClN2O/c1-10-13(14(15)17(2)16-10)9-12(18)8-7-11-5-3-4-6-11/h11H,3-9H2,1-2H3. The average Bonchev–Trinajstić information content (AvgIpc) is 2.92. The van der Waals surface area contributed by atoms with E-state index in [2.05, 4.69) is 5.10 Å². The monoisotopic (exact) mass is 268 g/mol. The van der Waals surface area contributed by atoms with Crippen molar-refractivity contribution < 1.29 is 4.79 Å². The molecule has 100 valence electrons. The molecule has 0 aliphatic heterocycles. The largest absolute Gasteiger partial charge is 0.299 e. The molecule has 0 spiro atoms. The van der Waals surface area contributed by atoms with Gasteiger partial charge in [0.05, 0.1) is 5.69 Å². The predicted molar refractivity (Wildman–Crippen MR) is 72.9 cm³/mol. The van der Waals surface area contributed by atoms with Gasteiger partial charge >= 0.3 is 0 Å². The van der Waals surface area contributed by atoms with Crippen molar-refractivity contribution in [3.05, 3.63) is 16.4 Å². The summed E-state index contributed by atoms with van der Waals surface area (Å²) in [5, 5.41) is 4.83. The number of nitrogens with zero attached hydrogens (tertiary/aromatic N) is 2. The van der Waals surface area contributed by atoms with E-state index in [1.807, 2.05) is 14.0 Å². The second-order valence-electron chi connectivity index (χ2n) is 5.38. The van der Waals surface area contributed by atoms with E-state index >= 15 is 0 Å². The molecule has 1 aromatic heterocycles. The van der Waals surface area contributed by atoms with Gasteiger partial charge in [-0.15, -0.1) is 0 Å². The first-order valence-corrected chi connectivity index (χ1v) is 7.15. The number of Topliss-reactive ketones (excluding diaryl/α,β-unsaturated/α-hetero) is 1. The van der Waals surface area contributed by atoms with Crippen molar-refractivity contribution in [3.63, 3.8) is 0 Å². The summed E-state index contributed by atoms with van der Waals surface area (Å²) >= 11 is 6.13. The third kappa shape index (κ3) is 3.14. The molecule has 1 heterocycles. The van der Waals surface area contributed by atoms with Gasteiger partial charge in [0.25, 0.3) is 0 Å². The van der Waals surface area contributed by atoms with Crippen LogP contribution in [0.1, 0.15) is 49.8 Å². The van der Waals surface area contributed by atoms with Crippen LogP contribution < -0.4 is 0 Å². The van der Waals surface area contributed by atoms with Crippen molar-refractivity contribution in [2.75, 3.05) is 0 Å². The summed E-state index contributed by atoms with van der Waals surface area (Å²) in [6.45, 7) is 1.91. The third-order valence-electron chi connectivity index (χ3n) is 3.95. The third-order valence-corrected chi connectivity index (χ3v) is 4.42. The van der Waals surface area contributed by atoms with Gasteiger partial charge in [-0.3, -0.25) is 9.48 Å². The van der Waals surface area contributed by atoms with Crippen molar-refractivity contribution in [2.24, 2.45) is 13.0 Å². The van der Waals surface area contributed by atoms with Crippen LogP contribution in [0.15, 0.2) is 0 Å². The van der Waals surface area contributed by atoms with Crippen LogP contribution in [0.3, 0.4) is 0 Å². The van der Waals surface area contributed by atoms with Crippen molar-refractivity contribution in [1.29, 1.82) is 0 Å². The van der Waals surface area contributed by atoms with Gasteiger partial charge in [0.15, 0.2) is 0 Å². The molecule has 2 rings (SSSR count). The topological polar surface area (TPSA) is 34.9 Å². The van der Waals surface area contributed by atoms with E-state index in [0.717, 1.165) is 23.6 Å². The van der Waals surface area contributed by atoms with Gasteiger partial charge in [-0.2, -0.15) is 5.10 Å². The highest BCUT2D eigenvalue weighted by atomic mass is 35.5. The van der Waals surface area contributed by atoms with Gasteiger partial charge in [-0.1, -0.05) is 37.3 Å². The number of carbonyl (C=O) groups is 1. The van der Waals surface area contributed by atoms with Crippen molar-refractivity contribution in [3.8, 4) is 0 Å². The first-order valence-electron chi connectivity index (χ1n) is 6.77. The summed E-state index contributed by atoms with van der Waals surface area (Å²) in [7, 11) is 1.81. The molecule has 0 saturated heterocycles. The van der Waals surface area contributed by atoms with E-state index in [1.165, 1.54) is 25.7 Å². The first-order chi connectivity index (χ1) is 8.58. The molecule has 1 aliphatic carbocycles. The molecular formula is C14H21ClN2O. The SMILES string of the molecule is Cc1nn(C)c(Cl)c1CC(=O)CCC1CCCC1. The van der Waals surface area contributed by atoms with E-state index in [9.17, 15) is 4.79 Å². The number of aryl methyl sites for hydroxylation is 2. The molecule has 18 heavy (non-hydrogen) atoms. The Hall–Kier alpha value is -0.830. The summed E-state index contributed by atoms with van der Waals surface area (Å²) in [5.41, 5.74) is 1.77. The van der Waals surface area contributed by atoms with Gasteiger partial charge in [0.1, 0.15) is 10.9 Å². The number of rotatable bonds is 5. The minimum absolute atomic E-state index is 0.292. The van der Waals surface area contributed by atoms with Crippen LogP contribution in [0.5, 0.6) is 0 Å². The predicted octanol–water partition coefficient (Wildman–Crippen LogP) is 3.46. The highest BCUT2D eigenvalue weighted by molar-refractivity contribution is 6.30. The maximum Gasteiger partial charge on any atom is 0.137 e. The van der Waals surface area contributed by atoms with Crippen LogP contribution in [0.4, 0.5) is 0 Å². The molecule has 1 aromatic rings. The van der Waals surface area contributed by atoms with Gasteiger partial charge in [-0.25, -0.2) is 0 Å². The number of aromatic nitrogens is 2. The van der Waals surface area contributed by atoms with E-state index in [-0.39, 0.29) is 0 Å². The molecule has 0 amide bonds. The lowest BCUT2D eigenvalue weighted by Gasteiger charge is -2.07. The Morgan fingerprint density at radius 1 is 1.44 bits per heavy atom. The molecule has 0 atom stereocenters. The Bertz CT molecular complexity index is 433. The van der Waals surface area contributed by atoms with E-state index < -0.39 is 0 Å². The molecule has 0 radical (unpaired) electrons. The van der Waals surface area contributed by atoms with Crippen molar-refractivity contribution >= 4 is 17.4 Å². The minimum Gasteiger partial charge on any atom is -0.299 e. The van der Waals surface area contributed by atoms with Gasteiger partial charge in [-0.05, 0) is 19.3 Å².